The maximum atomic E-state index is 12.7. The highest BCUT2D eigenvalue weighted by molar-refractivity contribution is 7.94. The quantitative estimate of drug-likeness (QED) is 0.703. The summed E-state index contributed by atoms with van der Waals surface area (Å²) in [4.78, 5) is 11.2. The van der Waals surface area contributed by atoms with Crippen molar-refractivity contribution in [1.82, 2.24) is 0 Å². The molecule has 2 N–H and O–H groups in total. The van der Waals surface area contributed by atoms with Gasteiger partial charge in [-0.05, 0) is 48.2 Å². The Bertz CT molecular complexity index is 1060. The van der Waals surface area contributed by atoms with Crippen molar-refractivity contribution in [3.05, 3.63) is 58.6 Å². The van der Waals surface area contributed by atoms with E-state index in [1.807, 2.05) is 0 Å². The first-order chi connectivity index (χ1) is 11.3. The van der Waals surface area contributed by atoms with Crippen LogP contribution in [0.1, 0.15) is 15.9 Å². The summed E-state index contributed by atoms with van der Waals surface area (Å²) in [5.74, 6) is -1.20. The monoisotopic (exact) mass is 381 g/mol. The van der Waals surface area contributed by atoms with Gasteiger partial charge in [-0.1, -0.05) is 23.7 Å². The second-order valence-electron chi connectivity index (χ2n) is 5.11. The zero-order valence-electron chi connectivity index (χ0n) is 12.4. The maximum Gasteiger partial charge on any atom is 0.337 e. The first-order valence-electron chi connectivity index (χ1n) is 6.83. The number of rotatable bonds is 4. The molecule has 24 heavy (non-hydrogen) atoms. The van der Waals surface area contributed by atoms with Gasteiger partial charge in [-0.2, -0.15) is 0 Å². The number of aromatic carboxylic acids is 1. The van der Waals surface area contributed by atoms with Gasteiger partial charge in [-0.3, -0.25) is 4.72 Å². The summed E-state index contributed by atoms with van der Waals surface area (Å²) in [6, 6.07) is 11.0. The second-order valence-corrected chi connectivity index (χ2v) is 8.48. The second kappa shape index (κ2) is 6.08. The minimum Gasteiger partial charge on any atom is -0.478 e. The van der Waals surface area contributed by atoms with E-state index in [0.29, 0.717) is 10.6 Å². The third kappa shape index (κ3) is 2.98. The number of fused-ring (bicyclic) bond motifs is 1. The Labute approximate surface area is 147 Å². The summed E-state index contributed by atoms with van der Waals surface area (Å²) in [6.07, 6.45) is 0. The Balaban J connectivity index is 2.09. The Morgan fingerprint density at radius 2 is 1.92 bits per heavy atom. The molecule has 1 aromatic heterocycles. The molecular formula is C16H12ClNO4S2. The number of benzene rings is 2. The van der Waals surface area contributed by atoms with Crippen LogP contribution < -0.4 is 4.72 Å². The van der Waals surface area contributed by atoms with E-state index >= 15 is 0 Å². The van der Waals surface area contributed by atoms with Gasteiger partial charge in [0.25, 0.3) is 10.0 Å². The smallest absolute Gasteiger partial charge is 0.337 e. The van der Waals surface area contributed by atoms with Crippen molar-refractivity contribution < 1.29 is 18.3 Å². The van der Waals surface area contributed by atoms with Crippen LogP contribution in [0.5, 0.6) is 0 Å². The minimum absolute atomic E-state index is 0.0277. The molecule has 0 aliphatic carbocycles. The van der Waals surface area contributed by atoms with Crippen LogP contribution in [0.15, 0.2) is 46.7 Å². The zero-order valence-corrected chi connectivity index (χ0v) is 14.8. The van der Waals surface area contributed by atoms with Crippen LogP contribution in [0.3, 0.4) is 0 Å². The Hall–Kier alpha value is -2.09. The van der Waals surface area contributed by atoms with Gasteiger partial charge in [0.05, 0.1) is 11.3 Å². The van der Waals surface area contributed by atoms with Crippen molar-refractivity contribution in [1.29, 1.82) is 0 Å². The van der Waals surface area contributed by atoms with Crippen molar-refractivity contribution >= 4 is 54.7 Å². The van der Waals surface area contributed by atoms with E-state index in [4.69, 9.17) is 11.6 Å². The van der Waals surface area contributed by atoms with Crippen molar-refractivity contribution in [2.45, 2.75) is 11.1 Å². The molecule has 0 radical (unpaired) electrons. The van der Waals surface area contributed by atoms with E-state index in [2.05, 4.69) is 4.72 Å². The number of anilines is 1. The normalized spacial score (nSPS) is 11.6. The average molecular weight is 382 g/mol. The lowest BCUT2D eigenvalue weighted by molar-refractivity contribution is 0.0698. The number of carbonyl (C=O) groups is 1. The van der Waals surface area contributed by atoms with Crippen LogP contribution in [-0.4, -0.2) is 19.5 Å². The molecule has 0 aliphatic heterocycles. The van der Waals surface area contributed by atoms with Crippen LogP contribution in [0, 0.1) is 6.92 Å². The molecule has 0 saturated heterocycles. The summed E-state index contributed by atoms with van der Waals surface area (Å²) in [5.41, 5.74) is 0.501. The largest absolute Gasteiger partial charge is 0.478 e. The number of hydrogen-bond donors (Lipinski definition) is 2. The molecule has 0 unspecified atom stereocenters. The summed E-state index contributed by atoms with van der Waals surface area (Å²) in [5, 5.41) is 10.5. The molecule has 8 heteroatoms. The highest BCUT2D eigenvalue weighted by Gasteiger charge is 2.23. The highest BCUT2D eigenvalue weighted by Crippen LogP contribution is 2.36. The molecule has 124 valence electrons. The van der Waals surface area contributed by atoms with Crippen LogP contribution in [0.25, 0.3) is 10.1 Å². The summed E-state index contributed by atoms with van der Waals surface area (Å²) < 4.78 is 28.8. The molecule has 0 saturated carbocycles. The fourth-order valence-electron chi connectivity index (χ4n) is 2.38. The van der Waals surface area contributed by atoms with Crippen LogP contribution in [0.4, 0.5) is 5.69 Å². The highest BCUT2D eigenvalue weighted by atomic mass is 35.5. The van der Waals surface area contributed by atoms with Gasteiger partial charge < -0.3 is 5.11 Å². The van der Waals surface area contributed by atoms with E-state index < -0.39 is 16.0 Å². The third-order valence-corrected chi connectivity index (χ3v) is 6.99. The van der Waals surface area contributed by atoms with Crippen molar-refractivity contribution in [3.63, 3.8) is 0 Å². The van der Waals surface area contributed by atoms with E-state index in [0.717, 1.165) is 21.4 Å². The minimum atomic E-state index is -3.91. The number of nitrogens with one attached hydrogen (secondary N) is 1. The first-order valence-corrected chi connectivity index (χ1v) is 9.51. The van der Waals surface area contributed by atoms with Gasteiger partial charge >= 0.3 is 5.97 Å². The van der Waals surface area contributed by atoms with E-state index in [1.165, 1.54) is 18.2 Å². The maximum absolute atomic E-state index is 12.7. The summed E-state index contributed by atoms with van der Waals surface area (Å²) in [6.45, 7) is 1.70. The fraction of sp³-hybridized carbons (Fsp3) is 0.0625. The molecule has 0 spiro atoms. The van der Waals surface area contributed by atoms with Crippen molar-refractivity contribution in [2.75, 3.05) is 4.72 Å². The van der Waals surface area contributed by atoms with E-state index in [9.17, 15) is 18.3 Å². The lowest BCUT2D eigenvalue weighted by Crippen LogP contribution is -2.15. The molecule has 0 amide bonds. The standard InChI is InChI=1S/C16H12ClNO4S2/c1-9-12-8-10(17)6-7-14(12)23-16(9)24(21,22)18-13-5-3-2-4-11(13)15(19)20/h2-8,18H,1H3,(H,19,20). The number of aryl methyl sites for hydroxylation is 1. The average Bonchev–Trinajstić information content (AvgIpc) is 2.85. The topological polar surface area (TPSA) is 83.5 Å². The molecule has 3 aromatic rings. The number of hydrogen-bond acceptors (Lipinski definition) is 4. The molecule has 0 aliphatic rings. The molecule has 3 rings (SSSR count). The SMILES string of the molecule is Cc1c(S(=O)(=O)Nc2ccccc2C(=O)O)sc2ccc(Cl)cc12. The van der Waals surface area contributed by atoms with Gasteiger partial charge in [0, 0.05) is 9.72 Å². The third-order valence-electron chi connectivity index (χ3n) is 3.50. The Morgan fingerprint density at radius 3 is 2.62 bits per heavy atom. The van der Waals surface area contributed by atoms with Crippen LogP contribution in [0.2, 0.25) is 5.02 Å². The van der Waals surface area contributed by atoms with Crippen LogP contribution >= 0.6 is 22.9 Å². The Kier molecular flexibility index (Phi) is 4.25. The zero-order chi connectivity index (χ0) is 17.5. The van der Waals surface area contributed by atoms with Gasteiger partial charge in [0.2, 0.25) is 0 Å². The van der Waals surface area contributed by atoms with E-state index in [1.54, 1.807) is 31.2 Å². The number of para-hydroxylation sites is 1. The lowest BCUT2D eigenvalue weighted by atomic mass is 10.2. The number of halogens is 1. The van der Waals surface area contributed by atoms with E-state index in [-0.39, 0.29) is 15.5 Å². The van der Waals surface area contributed by atoms with Crippen molar-refractivity contribution in [3.8, 4) is 0 Å². The number of sulfonamides is 1. The molecule has 0 fully saturated rings. The number of carboxylic acid groups (broad SMARTS) is 1. The Morgan fingerprint density at radius 1 is 1.21 bits per heavy atom. The molecular weight excluding hydrogens is 370 g/mol. The first kappa shape index (κ1) is 16.8. The van der Waals surface area contributed by atoms with Gasteiger partial charge in [0.1, 0.15) is 4.21 Å². The predicted molar refractivity (Wildman–Crippen MR) is 95.8 cm³/mol. The fourth-order valence-corrected chi connectivity index (χ4v) is 5.38. The van der Waals surface area contributed by atoms with Gasteiger partial charge in [-0.15, -0.1) is 11.3 Å². The summed E-state index contributed by atoms with van der Waals surface area (Å²) in [7, 11) is -3.91. The van der Waals surface area contributed by atoms with Crippen molar-refractivity contribution in [2.24, 2.45) is 0 Å². The molecule has 0 atom stereocenters. The van der Waals surface area contributed by atoms with Gasteiger partial charge in [0.15, 0.2) is 0 Å². The van der Waals surface area contributed by atoms with Crippen LogP contribution in [-0.2, 0) is 10.0 Å². The molecule has 2 aromatic carbocycles. The molecule has 5 nitrogen and oxygen atoms in total. The lowest BCUT2D eigenvalue weighted by Gasteiger charge is -2.09. The van der Waals surface area contributed by atoms with Gasteiger partial charge in [-0.25, -0.2) is 13.2 Å². The predicted octanol–water partition coefficient (Wildman–Crippen LogP) is 4.36. The number of carboxylic acids is 1. The summed E-state index contributed by atoms with van der Waals surface area (Å²) >= 11 is 7.09. The number of thiophene rings is 1. The molecule has 0 bridgehead atoms. The molecule has 1 heterocycles.